The van der Waals surface area contributed by atoms with Gasteiger partial charge >= 0.3 is 0 Å². The Hall–Kier alpha value is -2.08. The zero-order valence-electron chi connectivity index (χ0n) is 14.5. The second kappa shape index (κ2) is 10.0. The molecule has 5 nitrogen and oxygen atoms in total. The summed E-state index contributed by atoms with van der Waals surface area (Å²) in [5, 5.41) is 27.0. The molecule has 0 fully saturated rings. The van der Waals surface area contributed by atoms with Crippen molar-refractivity contribution in [3.8, 4) is 11.5 Å². The molecule has 2 aromatic carbocycles. The van der Waals surface area contributed by atoms with Gasteiger partial charge in [-0.05, 0) is 41.8 Å². The number of hydrogen-bond donors (Lipinski definition) is 3. The normalized spacial score (nSPS) is 13.3. The lowest BCUT2D eigenvalue weighted by molar-refractivity contribution is 0.0536. The molecular formula is C20H26O5. The van der Waals surface area contributed by atoms with Crippen molar-refractivity contribution >= 4 is 0 Å². The lowest BCUT2D eigenvalue weighted by atomic mass is 10.0. The fourth-order valence-corrected chi connectivity index (χ4v) is 2.18. The monoisotopic (exact) mass is 346 g/mol. The van der Waals surface area contributed by atoms with Crippen LogP contribution in [0.15, 0.2) is 48.5 Å². The molecule has 0 aliphatic heterocycles. The molecule has 0 heterocycles. The molecule has 2 atom stereocenters. The molecular weight excluding hydrogens is 320 g/mol. The van der Waals surface area contributed by atoms with Crippen LogP contribution in [0, 0.1) is 5.92 Å². The number of aliphatic hydroxyl groups is 3. The molecule has 5 heteroatoms. The van der Waals surface area contributed by atoms with E-state index in [9.17, 15) is 5.11 Å². The van der Waals surface area contributed by atoms with Gasteiger partial charge in [-0.1, -0.05) is 31.2 Å². The molecule has 0 spiro atoms. The largest absolute Gasteiger partial charge is 0.493 e. The molecule has 0 aliphatic carbocycles. The van der Waals surface area contributed by atoms with Gasteiger partial charge in [0, 0.05) is 12.5 Å². The smallest absolute Gasteiger partial charge is 0.119 e. The molecule has 2 unspecified atom stereocenters. The van der Waals surface area contributed by atoms with Crippen LogP contribution in [0.1, 0.15) is 18.1 Å². The highest BCUT2D eigenvalue weighted by Crippen LogP contribution is 2.18. The van der Waals surface area contributed by atoms with E-state index >= 15 is 0 Å². The Morgan fingerprint density at radius 1 is 0.760 bits per heavy atom. The maximum Gasteiger partial charge on any atom is 0.119 e. The van der Waals surface area contributed by atoms with Gasteiger partial charge in [0.1, 0.15) is 24.2 Å². The van der Waals surface area contributed by atoms with Crippen LogP contribution in [0.4, 0.5) is 0 Å². The zero-order chi connectivity index (χ0) is 18.1. The molecule has 0 amide bonds. The van der Waals surface area contributed by atoms with E-state index in [0.717, 1.165) is 17.7 Å². The van der Waals surface area contributed by atoms with Crippen molar-refractivity contribution in [2.45, 2.75) is 19.4 Å². The first-order valence-electron chi connectivity index (χ1n) is 8.44. The maximum atomic E-state index is 9.28. The highest BCUT2D eigenvalue weighted by atomic mass is 16.5. The van der Waals surface area contributed by atoms with E-state index in [0.29, 0.717) is 12.4 Å². The molecule has 136 valence electrons. The molecule has 0 bridgehead atoms. The van der Waals surface area contributed by atoms with E-state index in [1.807, 2.05) is 55.5 Å². The number of ether oxygens (including phenoxy) is 2. The van der Waals surface area contributed by atoms with Crippen molar-refractivity contribution < 1.29 is 24.8 Å². The quantitative estimate of drug-likeness (QED) is 0.613. The average molecular weight is 346 g/mol. The third-order valence-corrected chi connectivity index (χ3v) is 3.75. The SMILES string of the molecule is CC(CO)COc1ccc(Cc2ccc(OCC(O)CO)cc2)cc1. The van der Waals surface area contributed by atoms with Crippen LogP contribution in [0.25, 0.3) is 0 Å². The summed E-state index contributed by atoms with van der Waals surface area (Å²) in [6.07, 6.45) is -0.0619. The third-order valence-electron chi connectivity index (χ3n) is 3.75. The van der Waals surface area contributed by atoms with Crippen LogP contribution in [-0.4, -0.2) is 47.9 Å². The van der Waals surface area contributed by atoms with Gasteiger partial charge in [0.2, 0.25) is 0 Å². The summed E-state index contributed by atoms with van der Waals surface area (Å²) in [6, 6.07) is 15.6. The summed E-state index contributed by atoms with van der Waals surface area (Å²) in [4.78, 5) is 0. The van der Waals surface area contributed by atoms with E-state index in [1.54, 1.807) is 0 Å². The Balaban J connectivity index is 1.85. The molecule has 0 aromatic heterocycles. The van der Waals surface area contributed by atoms with Gasteiger partial charge in [0.05, 0.1) is 13.2 Å². The first-order valence-corrected chi connectivity index (χ1v) is 8.44. The number of hydrogen-bond acceptors (Lipinski definition) is 5. The third kappa shape index (κ3) is 6.74. The zero-order valence-corrected chi connectivity index (χ0v) is 14.5. The van der Waals surface area contributed by atoms with Crippen molar-refractivity contribution in [3.05, 3.63) is 59.7 Å². The van der Waals surface area contributed by atoms with Crippen LogP contribution in [0.3, 0.4) is 0 Å². The lowest BCUT2D eigenvalue weighted by Crippen LogP contribution is -2.21. The summed E-state index contributed by atoms with van der Waals surface area (Å²) in [5.74, 6) is 1.59. The van der Waals surface area contributed by atoms with Crippen LogP contribution in [-0.2, 0) is 6.42 Å². The Kier molecular flexibility index (Phi) is 7.73. The predicted octanol–water partition coefficient (Wildman–Crippen LogP) is 2.02. The summed E-state index contributed by atoms with van der Waals surface area (Å²) < 4.78 is 11.0. The maximum absolute atomic E-state index is 9.28. The van der Waals surface area contributed by atoms with Crippen molar-refractivity contribution in [1.82, 2.24) is 0 Å². The van der Waals surface area contributed by atoms with Crippen molar-refractivity contribution in [1.29, 1.82) is 0 Å². The Bertz CT molecular complexity index is 553. The Morgan fingerprint density at radius 2 is 1.24 bits per heavy atom. The summed E-state index contributed by atoms with van der Waals surface area (Å²) in [5.41, 5.74) is 2.32. The van der Waals surface area contributed by atoms with Crippen LogP contribution < -0.4 is 9.47 Å². The summed E-state index contributed by atoms with van der Waals surface area (Å²) >= 11 is 0. The highest BCUT2D eigenvalue weighted by molar-refractivity contribution is 5.34. The average Bonchev–Trinajstić information content (AvgIpc) is 2.66. The van der Waals surface area contributed by atoms with Gasteiger partial charge in [0.25, 0.3) is 0 Å². The minimum Gasteiger partial charge on any atom is -0.493 e. The van der Waals surface area contributed by atoms with Gasteiger partial charge < -0.3 is 24.8 Å². The fourth-order valence-electron chi connectivity index (χ4n) is 2.18. The minimum atomic E-state index is -0.860. The summed E-state index contributed by atoms with van der Waals surface area (Å²) in [7, 11) is 0. The van der Waals surface area contributed by atoms with Crippen molar-refractivity contribution in [3.63, 3.8) is 0 Å². The van der Waals surface area contributed by atoms with E-state index in [2.05, 4.69) is 0 Å². The van der Waals surface area contributed by atoms with Gasteiger partial charge in [0.15, 0.2) is 0 Å². The van der Waals surface area contributed by atoms with E-state index in [-0.39, 0.29) is 25.7 Å². The van der Waals surface area contributed by atoms with E-state index < -0.39 is 6.10 Å². The Labute approximate surface area is 148 Å². The second-order valence-electron chi connectivity index (χ2n) is 6.21. The first kappa shape index (κ1) is 19.2. The van der Waals surface area contributed by atoms with Crippen molar-refractivity contribution in [2.24, 2.45) is 5.92 Å². The fraction of sp³-hybridized carbons (Fsp3) is 0.400. The van der Waals surface area contributed by atoms with Gasteiger partial charge in [-0.15, -0.1) is 0 Å². The molecule has 3 N–H and O–H groups in total. The molecule has 25 heavy (non-hydrogen) atoms. The molecule has 0 saturated carbocycles. The minimum absolute atomic E-state index is 0.0756. The Morgan fingerprint density at radius 3 is 1.68 bits per heavy atom. The van der Waals surface area contributed by atoms with Crippen LogP contribution in [0.5, 0.6) is 11.5 Å². The molecule has 0 radical (unpaired) electrons. The number of benzene rings is 2. The van der Waals surface area contributed by atoms with Crippen molar-refractivity contribution in [2.75, 3.05) is 26.4 Å². The summed E-state index contributed by atoms with van der Waals surface area (Å²) in [6.45, 7) is 2.33. The van der Waals surface area contributed by atoms with Gasteiger partial charge in [-0.2, -0.15) is 0 Å². The number of aliphatic hydroxyl groups excluding tert-OH is 3. The van der Waals surface area contributed by atoms with Gasteiger partial charge in [-0.25, -0.2) is 0 Å². The van der Waals surface area contributed by atoms with E-state index in [1.165, 1.54) is 5.56 Å². The molecule has 2 aromatic rings. The van der Waals surface area contributed by atoms with Crippen LogP contribution in [0.2, 0.25) is 0 Å². The van der Waals surface area contributed by atoms with Crippen LogP contribution >= 0.6 is 0 Å². The second-order valence-corrected chi connectivity index (χ2v) is 6.21. The highest BCUT2D eigenvalue weighted by Gasteiger charge is 2.04. The van der Waals surface area contributed by atoms with Gasteiger partial charge in [-0.3, -0.25) is 0 Å². The lowest BCUT2D eigenvalue weighted by Gasteiger charge is -2.11. The molecule has 0 saturated heterocycles. The predicted molar refractivity (Wildman–Crippen MR) is 96.0 cm³/mol. The first-order chi connectivity index (χ1) is 12.1. The number of rotatable bonds is 10. The van der Waals surface area contributed by atoms with E-state index in [4.69, 9.17) is 19.7 Å². The molecule has 0 aliphatic rings. The standard InChI is InChI=1S/C20H26O5/c1-15(11-21)13-24-19-6-2-16(3-7-19)10-17-4-8-20(9-5-17)25-14-18(23)12-22/h2-9,15,18,21-23H,10-14H2,1H3. The molecule has 2 rings (SSSR count). The topological polar surface area (TPSA) is 79.2 Å².